The number of benzene rings is 1. The Morgan fingerprint density at radius 1 is 1.26 bits per heavy atom. The van der Waals surface area contributed by atoms with Crippen LogP contribution in [0.25, 0.3) is 11.0 Å². The Labute approximate surface area is 211 Å². The van der Waals surface area contributed by atoms with Gasteiger partial charge in [-0.3, -0.25) is 9.59 Å². The molecule has 2 amide bonds. The van der Waals surface area contributed by atoms with Gasteiger partial charge in [0.15, 0.2) is 0 Å². The number of nitrogens with zero attached hydrogens (tertiary/aromatic N) is 3. The number of rotatable bonds is 10. The summed E-state index contributed by atoms with van der Waals surface area (Å²) in [6, 6.07) is 10.2. The molecule has 0 spiro atoms. The Hall–Kier alpha value is -2.71. The highest BCUT2D eigenvalue weighted by Gasteiger charge is 2.24. The molecule has 0 radical (unpaired) electrons. The minimum Gasteiger partial charge on any atom is -0.384 e. The highest BCUT2D eigenvalue weighted by molar-refractivity contribution is 7.09. The van der Waals surface area contributed by atoms with Gasteiger partial charge in [-0.1, -0.05) is 19.9 Å². The van der Waals surface area contributed by atoms with E-state index in [0.29, 0.717) is 30.7 Å². The van der Waals surface area contributed by atoms with E-state index in [1.54, 1.807) is 18.4 Å². The summed E-state index contributed by atoms with van der Waals surface area (Å²) >= 11 is 1.73. The number of fused-ring (bicyclic) bond motifs is 1. The second-order valence-electron chi connectivity index (χ2n) is 9.31. The molecular formula is C27H36N4O3S. The summed E-state index contributed by atoms with van der Waals surface area (Å²) in [5, 5.41) is 4.90. The van der Waals surface area contributed by atoms with Crippen molar-refractivity contribution in [2.45, 2.75) is 52.0 Å². The average Bonchev–Trinajstić information content (AvgIpc) is 3.51. The van der Waals surface area contributed by atoms with Gasteiger partial charge in [-0.05, 0) is 61.2 Å². The fourth-order valence-electron chi connectivity index (χ4n) is 5.08. The largest absolute Gasteiger partial charge is 0.384 e. The number of carbonyl (C=O) groups excluding carboxylic acids is 2. The van der Waals surface area contributed by atoms with Gasteiger partial charge in [0.25, 0.3) is 5.91 Å². The van der Waals surface area contributed by atoms with Gasteiger partial charge in [-0.25, -0.2) is 4.98 Å². The molecule has 1 saturated heterocycles. The van der Waals surface area contributed by atoms with Crippen LogP contribution in [0.4, 0.5) is 0 Å². The Morgan fingerprint density at radius 2 is 2.09 bits per heavy atom. The van der Waals surface area contributed by atoms with Gasteiger partial charge < -0.3 is 19.5 Å². The standard InChI is InChI=1S/C27H36N4O3S/c1-4-21(5-2)31-24-11-10-20(14-23(24)29-25(31)15-22-9-7-13-35-22)27(33)28-16-26(32)30-12-6-8-19(17-30)18-34-3/h7,9-11,13-14,19,21H,4-6,8,12,15-18H2,1-3H3,(H,28,33). The number of methoxy groups -OCH3 is 1. The highest BCUT2D eigenvalue weighted by atomic mass is 32.1. The summed E-state index contributed by atoms with van der Waals surface area (Å²) in [4.78, 5) is 33.6. The Bertz CT molecular complexity index is 1130. The molecular weight excluding hydrogens is 460 g/mol. The second-order valence-corrected chi connectivity index (χ2v) is 10.3. The third-order valence-corrected chi connectivity index (χ3v) is 7.80. The number of amides is 2. The lowest BCUT2D eigenvalue weighted by Crippen LogP contribution is -2.45. The molecule has 1 fully saturated rings. The molecule has 35 heavy (non-hydrogen) atoms. The van der Waals surface area contributed by atoms with E-state index in [4.69, 9.17) is 9.72 Å². The van der Waals surface area contributed by atoms with Gasteiger partial charge in [-0.15, -0.1) is 11.3 Å². The first-order valence-electron chi connectivity index (χ1n) is 12.6. The number of ether oxygens (including phenoxy) is 1. The maximum absolute atomic E-state index is 12.9. The first-order chi connectivity index (χ1) is 17.0. The van der Waals surface area contributed by atoms with Crippen molar-refractivity contribution in [1.29, 1.82) is 0 Å². The summed E-state index contributed by atoms with van der Waals surface area (Å²) in [5.41, 5.74) is 2.40. The van der Waals surface area contributed by atoms with Crippen LogP contribution in [0, 0.1) is 5.92 Å². The fourth-order valence-corrected chi connectivity index (χ4v) is 5.78. The molecule has 1 aromatic carbocycles. The van der Waals surface area contributed by atoms with Gasteiger partial charge in [0.1, 0.15) is 5.82 Å². The summed E-state index contributed by atoms with van der Waals surface area (Å²) in [6.45, 7) is 6.49. The molecule has 8 heteroatoms. The van der Waals surface area contributed by atoms with Gasteiger partial charge >= 0.3 is 0 Å². The lowest BCUT2D eigenvalue weighted by atomic mass is 9.99. The zero-order chi connectivity index (χ0) is 24.8. The monoisotopic (exact) mass is 496 g/mol. The topological polar surface area (TPSA) is 76.5 Å². The van der Waals surface area contributed by atoms with E-state index in [1.807, 2.05) is 23.1 Å². The van der Waals surface area contributed by atoms with Crippen molar-refractivity contribution in [1.82, 2.24) is 19.8 Å². The van der Waals surface area contributed by atoms with Crippen molar-refractivity contribution in [3.05, 3.63) is 52.0 Å². The fraction of sp³-hybridized carbons (Fsp3) is 0.519. The van der Waals surface area contributed by atoms with Crippen molar-refractivity contribution < 1.29 is 14.3 Å². The minimum absolute atomic E-state index is 0.00237. The zero-order valence-electron chi connectivity index (χ0n) is 21.0. The molecule has 1 aliphatic heterocycles. The minimum atomic E-state index is -0.248. The van der Waals surface area contributed by atoms with Gasteiger partial charge in [0, 0.05) is 43.1 Å². The summed E-state index contributed by atoms with van der Waals surface area (Å²) < 4.78 is 7.59. The Morgan fingerprint density at radius 3 is 2.80 bits per heavy atom. The van der Waals surface area contributed by atoms with Crippen LogP contribution in [-0.4, -0.2) is 59.6 Å². The Balaban J connectivity index is 1.48. The van der Waals surface area contributed by atoms with Crippen LogP contribution < -0.4 is 5.32 Å². The molecule has 1 aliphatic rings. The second kappa shape index (κ2) is 11.8. The van der Waals surface area contributed by atoms with E-state index in [1.165, 1.54) is 4.88 Å². The normalized spacial score (nSPS) is 16.2. The number of hydrogen-bond acceptors (Lipinski definition) is 5. The van der Waals surface area contributed by atoms with Crippen LogP contribution in [0.15, 0.2) is 35.7 Å². The predicted molar refractivity (Wildman–Crippen MR) is 140 cm³/mol. The maximum Gasteiger partial charge on any atom is 0.251 e. The summed E-state index contributed by atoms with van der Waals surface area (Å²) in [7, 11) is 1.69. The van der Waals surface area contributed by atoms with Crippen molar-refractivity contribution in [3.8, 4) is 0 Å². The molecule has 1 N–H and O–H groups in total. The van der Waals surface area contributed by atoms with E-state index in [2.05, 4.69) is 41.2 Å². The molecule has 4 rings (SSSR count). The quantitative estimate of drug-likeness (QED) is 0.443. The van der Waals surface area contributed by atoms with Crippen LogP contribution in [-0.2, 0) is 16.0 Å². The Kier molecular flexibility index (Phi) is 8.57. The first-order valence-corrected chi connectivity index (χ1v) is 13.5. The van der Waals surface area contributed by atoms with Crippen molar-refractivity contribution >= 4 is 34.2 Å². The van der Waals surface area contributed by atoms with Gasteiger partial charge in [-0.2, -0.15) is 0 Å². The van der Waals surface area contributed by atoms with Crippen LogP contribution in [0.1, 0.15) is 66.6 Å². The number of thiophene rings is 1. The average molecular weight is 497 g/mol. The van der Waals surface area contributed by atoms with E-state index in [0.717, 1.165) is 55.5 Å². The van der Waals surface area contributed by atoms with Crippen LogP contribution in [0.5, 0.6) is 0 Å². The predicted octanol–water partition coefficient (Wildman–Crippen LogP) is 4.66. The van der Waals surface area contributed by atoms with Crippen LogP contribution in [0.2, 0.25) is 0 Å². The number of carbonyl (C=O) groups is 2. The number of likely N-dealkylation sites (tertiary alicyclic amines) is 1. The van der Waals surface area contributed by atoms with Crippen molar-refractivity contribution in [2.75, 3.05) is 33.4 Å². The molecule has 0 saturated carbocycles. The summed E-state index contributed by atoms with van der Waals surface area (Å²) in [6.07, 6.45) is 4.86. The lowest BCUT2D eigenvalue weighted by molar-refractivity contribution is -0.132. The molecule has 0 aliphatic carbocycles. The maximum atomic E-state index is 12.9. The SMILES string of the molecule is CCC(CC)n1c(Cc2cccs2)nc2cc(C(=O)NCC(=O)N3CCCC(COC)C3)ccc21. The van der Waals surface area contributed by atoms with Crippen LogP contribution in [0.3, 0.4) is 0 Å². The number of hydrogen-bond donors (Lipinski definition) is 1. The van der Waals surface area contributed by atoms with Crippen molar-refractivity contribution in [3.63, 3.8) is 0 Å². The lowest BCUT2D eigenvalue weighted by Gasteiger charge is -2.32. The third kappa shape index (κ3) is 5.93. The van der Waals surface area contributed by atoms with Gasteiger partial charge in [0.05, 0.1) is 24.2 Å². The zero-order valence-corrected chi connectivity index (χ0v) is 21.8. The highest BCUT2D eigenvalue weighted by Crippen LogP contribution is 2.28. The molecule has 2 aromatic heterocycles. The molecule has 1 unspecified atom stereocenters. The number of nitrogens with one attached hydrogen (secondary N) is 1. The van der Waals surface area contributed by atoms with Crippen LogP contribution >= 0.6 is 11.3 Å². The molecule has 188 valence electrons. The van der Waals surface area contributed by atoms with E-state index in [-0.39, 0.29) is 18.4 Å². The third-order valence-electron chi connectivity index (χ3n) is 6.92. The molecule has 0 bridgehead atoms. The van der Waals surface area contributed by atoms with E-state index < -0.39 is 0 Å². The van der Waals surface area contributed by atoms with E-state index >= 15 is 0 Å². The molecule has 3 heterocycles. The number of imidazole rings is 1. The smallest absolute Gasteiger partial charge is 0.251 e. The number of piperidine rings is 1. The molecule has 1 atom stereocenters. The van der Waals surface area contributed by atoms with Gasteiger partial charge in [0.2, 0.25) is 5.91 Å². The molecule has 3 aromatic rings. The summed E-state index contributed by atoms with van der Waals surface area (Å²) in [5.74, 6) is 1.10. The van der Waals surface area contributed by atoms with E-state index in [9.17, 15) is 9.59 Å². The van der Waals surface area contributed by atoms with Crippen molar-refractivity contribution in [2.24, 2.45) is 5.92 Å². The number of aromatic nitrogens is 2. The first kappa shape index (κ1) is 25.4. The molecule has 7 nitrogen and oxygen atoms in total.